The van der Waals surface area contributed by atoms with Gasteiger partial charge in [-0.05, 0) is 117 Å². The zero-order valence-electron chi connectivity index (χ0n) is 28.0. The van der Waals surface area contributed by atoms with Crippen molar-refractivity contribution >= 4 is 55.3 Å². The zero-order chi connectivity index (χ0) is 31.7. The van der Waals surface area contributed by atoms with Gasteiger partial charge in [-0.25, -0.2) is 0 Å². The molecule has 0 atom stereocenters. The molecule has 0 aliphatic heterocycles. The number of hydrogen-bond acceptors (Lipinski definition) is 5. The van der Waals surface area contributed by atoms with E-state index >= 15 is 0 Å². The predicted molar refractivity (Wildman–Crippen MR) is 198 cm³/mol. The molecule has 234 valence electrons. The summed E-state index contributed by atoms with van der Waals surface area (Å²) in [6, 6.07) is 13.4. The quantitative estimate of drug-likeness (QED) is 0.101. The Balaban J connectivity index is 1.34. The van der Waals surface area contributed by atoms with Crippen LogP contribution >= 0.6 is 22.7 Å². The highest BCUT2D eigenvalue weighted by atomic mass is 32.1. The summed E-state index contributed by atoms with van der Waals surface area (Å²) in [7, 11) is -1.70. The molecule has 4 heterocycles. The Labute approximate surface area is 275 Å². The Bertz CT molecular complexity index is 1570. The minimum Gasteiger partial charge on any atom is -0.416 e. The van der Waals surface area contributed by atoms with Crippen LogP contribution < -0.4 is 0 Å². The highest BCUT2D eigenvalue weighted by Crippen LogP contribution is 2.36. The van der Waals surface area contributed by atoms with E-state index in [9.17, 15) is 0 Å². The molecule has 0 saturated carbocycles. The van der Waals surface area contributed by atoms with E-state index in [1.165, 1.54) is 57.2 Å². The molecule has 0 bridgehead atoms. The fourth-order valence-corrected chi connectivity index (χ4v) is 7.64. The molecule has 0 aliphatic carbocycles. The minimum atomic E-state index is -1.70. The van der Waals surface area contributed by atoms with Gasteiger partial charge in [0.25, 0.3) is 0 Å². The third-order valence-electron chi connectivity index (χ3n) is 8.64. The number of pyridine rings is 2. The first-order valence-electron chi connectivity index (χ1n) is 16.1. The Morgan fingerprint density at radius 1 is 0.727 bits per heavy atom. The molecule has 0 fully saturated rings. The van der Waals surface area contributed by atoms with Crippen molar-refractivity contribution in [3.8, 4) is 11.1 Å². The summed E-state index contributed by atoms with van der Waals surface area (Å²) in [5.41, 5.74) is 6.52. The lowest BCUT2D eigenvalue weighted by Crippen LogP contribution is -2.41. The van der Waals surface area contributed by atoms with Gasteiger partial charge in [0.1, 0.15) is 0 Å². The molecule has 4 aromatic heterocycles. The van der Waals surface area contributed by atoms with Gasteiger partial charge < -0.3 is 4.43 Å². The summed E-state index contributed by atoms with van der Waals surface area (Å²) in [6.07, 6.45) is 20.0. The van der Waals surface area contributed by atoms with Crippen molar-refractivity contribution in [2.24, 2.45) is 0 Å². The molecule has 0 amide bonds. The minimum absolute atomic E-state index is 0.245. The maximum absolute atomic E-state index is 6.37. The van der Waals surface area contributed by atoms with E-state index < -0.39 is 8.32 Å². The van der Waals surface area contributed by atoms with Gasteiger partial charge in [0.05, 0.1) is 11.4 Å². The van der Waals surface area contributed by atoms with Gasteiger partial charge in [-0.15, -0.1) is 22.7 Å². The van der Waals surface area contributed by atoms with E-state index in [1.807, 2.05) is 35.1 Å². The number of aryl methyl sites for hydroxylation is 3. The Morgan fingerprint density at radius 3 is 1.73 bits per heavy atom. The summed E-state index contributed by atoms with van der Waals surface area (Å²) in [5.74, 6) is 0. The topological polar surface area (TPSA) is 35.0 Å². The molecular weight excluding hydrogens is 593 g/mol. The number of thiophene rings is 2. The van der Waals surface area contributed by atoms with Gasteiger partial charge in [-0.2, -0.15) is 0 Å². The second kappa shape index (κ2) is 15.6. The van der Waals surface area contributed by atoms with Gasteiger partial charge in [0.2, 0.25) is 0 Å². The first kappa shape index (κ1) is 34.2. The number of rotatable bonds is 14. The monoisotopic (exact) mass is 642 g/mol. The zero-order valence-corrected chi connectivity index (χ0v) is 30.6. The highest BCUT2D eigenvalue weighted by molar-refractivity contribution is 7.13. The second-order valence-electron chi connectivity index (χ2n) is 13.3. The highest BCUT2D eigenvalue weighted by Gasteiger charge is 2.36. The predicted octanol–water partition coefficient (Wildman–Crippen LogP) is 11.9. The average Bonchev–Trinajstić information content (AvgIpc) is 3.63. The average molecular weight is 643 g/mol. The van der Waals surface area contributed by atoms with Crippen LogP contribution in [0.4, 0.5) is 0 Å². The van der Waals surface area contributed by atoms with Crippen molar-refractivity contribution in [1.29, 1.82) is 0 Å². The third kappa shape index (κ3) is 9.68. The van der Waals surface area contributed by atoms with E-state index in [0.717, 1.165) is 41.1 Å². The van der Waals surface area contributed by atoms with Crippen molar-refractivity contribution in [2.75, 3.05) is 6.61 Å². The van der Waals surface area contributed by atoms with Crippen LogP contribution in [0.15, 0.2) is 48.8 Å². The van der Waals surface area contributed by atoms with E-state index in [2.05, 4.69) is 115 Å². The van der Waals surface area contributed by atoms with E-state index in [0.29, 0.717) is 0 Å². The number of nitrogens with zero attached hydrogens (tertiary/aromatic N) is 2. The number of unbranched alkanes of at least 4 members (excludes halogenated alkanes) is 3. The van der Waals surface area contributed by atoms with Crippen LogP contribution in [0.3, 0.4) is 0 Å². The summed E-state index contributed by atoms with van der Waals surface area (Å²) in [5, 5.41) is 0.245. The van der Waals surface area contributed by atoms with E-state index in [1.54, 1.807) is 0 Å². The summed E-state index contributed by atoms with van der Waals surface area (Å²) in [6.45, 7) is 18.8. The maximum atomic E-state index is 6.37. The van der Waals surface area contributed by atoms with Crippen LogP contribution in [-0.2, 0) is 17.3 Å². The largest absolute Gasteiger partial charge is 0.416 e. The molecular formula is C38H50N2OS2Si. The lowest BCUT2D eigenvalue weighted by Gasteiger charge is -2.36. The maximum Gasteiger partial charge on any atom is 0.191 e. The van der Waals surface area contributed by atoms with Crippen molar-refractivity contribution in [3.63, 3.8) is 0 Å². The molecule has 3 nitrogen and oxygen atoms in total. The lowest BCUT2D eigenvalue weighted by molar-refractivity contribution is 0.293. The molecule has 0 unspecified atom stereocenters. The number of hydrogen-bond donors (Lipinski definition) is 0. The van der Waals surface area contributed by atoms with Gasteiger partial charge in [0.15, 0.2) is 8.32 Å². The van der Waals surface area contributed by atoms with Gasteiger partial charge >= 0.3 is 0 Å². The molecule has 0 aliphatic rings. The Morgan fingerprint density at radius 2 is 1.25 bits per heavy atom. The second-order valence-corrected chi connectivity index (χ2v) is 20.5. The summed E-state index contributed by atoms with van der Waals surface area (Å²) >= 11 is 3.73. The van der Waals surface area contributed by atoms with Gasteiger partial charge in [0, 0.05) is 56.1 Å². The smallest absolute Gasteiger partial charge is 0.191 e. The van der Waals surface area contributed by atoms with Crippen LogP contribution in [0.25, 0.3) is 35.4 Å². The molecule has 6 heteroatoms. The molecule has 0 radical (unpaired) electrons. The fourth-order valence-electron chi connectivity index (χ4n) is 4.74. The molecule has 0 N–H and O–H groups in total. The molecule has 4 aromatic rings. The summed E-state index contributed by atoms with van der Waals surface area (Å²) < 4.78 is 6.37. The Hall–Kier alpha value is -2.64. The molecule has 4 rings (SSSR count). The van der Waals surface area contributed by atoms with Crippen molar-refractivity contribution in [1.82, 2.24) is 9.97 Å². The van der Waals surface area contributed by atoms with Crippen LogP contribution in [-0.4, -0.2) is 24.9 Å². The van der Waals surface area contributed by atoms with Crippen LogP contribution in [0.1, 0.15) is 95.4 Å². The van der Waals surface area contributed by atoms with Crippen LogP contribution in [0, 0.1) is 13.8 Å². The lowest BCUT2D eigenvalue weighted by atomic mass is 10.0. The standard InChI is InChI=1S/C38H50N2OS2Si/c1-9-10-11-12-13-32-14-15-33(42-32)18-20-36-28(2)24-30(26-39-36)31-25-29(3)37(40-27-31)21-19-34-16-17-35(43-34)22-23-41-44(7,8)38(4,5)6/h14-21,24-27H,9-13,22-23H2,1-8H3/b20-18+,21-19+. The number of aromatic nitrogens is 2. The first-order chi connectivity index (χ1) is 20.9. The van der Waals surface area contributed by atoms with Gasteiger partial charge in [-0.3, -0.25) is 9.97 Å². The van der Waals surface area contributed by atoms with Gasteiger partial charge in [-0.1, -0.05) is 47.0 Å². The molecule has 0 aromatic carbocycles. The van der Waals surface area contributed by atoms with Crippen molar-refractivity contribution in [3.05, 3.63) is 90.8 Å². The van der Waals surface area contributed by atoms with E-state index in [-0.39, 0.29) is 5.04 Å². The van der Waals surface area contributed by atoms with E-state index in [4.69, 9.17) is 14.4 Å². The first-order valence-corrected chi connectivity index (χ1v) is 20.6. The van der Waals surface area contributed by atoms with Crippen molar-refractivity contribution in [2.45, 2.75) is 98.2 Å². The normalized spacial score (nSPS) is 12.6. The molecule has 0 spiro atoms. The molecule has 0 saturated heterocycles. The molecule has 44 heavy (non-hydrogen) atoms. The van der Waals surface area contributed by atoms with Crippen LogP contribution in [0.2, 0.25) is 18.1 Å². The third-order valence-corrected chi connectivity index (χ3v) is 15.4. The van der Waals surface area contributed by atoms with Crippen molar-refractivity contribution < 1.29 is 4.43 Å². The Kier molecular flexibility index (Phi) is 12.1. The fraction of sp³-hybridized carbons (Fsp3) is 0.421. The van der Waals surface area contributed by atoms with Crippen LogP contribution in [0.5, 0.6) is 0 Å². The summed E-state index contributed by atoms with van der Waals surface area (Å²) in [4.78, 5) is 15.0. The SMILES string of the molecule is CCCCCCc1ccc(/C=C/c2ncc(-c3cnc(/C=C/c4ccc(CCO[Si](C)(C)C(C)(C)C)s4)c(C)c3)cc2C)s1.